The Balaban J connectivity index is 1.65. The lowest BCUT2D eigenvalue weighted by molar-refractivity contribution is -0.0471. The second-order valence-electron chi connectivity index (χ2n) is 6.82. The van der Waals surface area contributed by atoms with Crippen molar-refractivity contribution < 1.29 is 4.74 Å². The molecule has 0 saturated heterocycles. The van der Waals surface area contributed by atoms with Crippen molar-refractivity contribution in [2.24, 2.45) is 5.92 Å². The zero-order chi connectivity index (χ0) is 14.0. The highest BCUT2D eigenvalue weighted by Crippen LogP contribution is 2.33. The summed E-state index contributed by atoms with van der Waals surface area (Å²) in [6, 6.07) is 9.44. The van der Waals surface area contributed by atoms with E-state index in [-0.39, 0.29) is 5.60 Å². The Hall–Kier alpha value is -0.860. The first-order valence-corrected chi connectivity index (χ1v) is 8.13. The summed E-state index contributed by atoms with van der Waals surface area (Å²) >= 11 is 0. The van der Waals surface area contributed by atoms with Gasteiger partial charge < -0.3 is 10.1 Å². The molecule has 1 atom stereocenters. The number of hydrogen-bond donors (Lipinski definition) is 1. The summed E-state index contributed by atoms with van der Waals surface area (Å²) in [6.45, 7) is 6.39. The minimum absolute atomic E-state index is 0.155. The van der Waals surface area contributed by atoms with Crippen LogP contribution in [0.3, 0.4) is 0 Å². The van der Waals surface area contributed by atoms with Gasteiger partial charge in [-0.2, -0.15) is 0 Å². The van der Waals surface area contributed by atoms with Crippen LogP contribution in [0, 0.1) is 5.92 Å². The van der Waals surface area contributed by atoms with E-state index < -0.39 is 0 Å². The van der Waals surface area contributed by atoms with Crippen LogP contribution in [0.25, 0.3) is 0 Å². The molecule has 1 heterocycles. The molecule has 0 amide bonds. The van der Waals surface area contributed by atoms with Crippen molar-refractivity contribution in [2.45, 2.75) is 57.6 Å². The van der Waals surface area contributed by atoms with Gasteiger partial charge in [-0.05, 0) is 56.1 Å². The average molecular weight is 273 g/mol. The van der Waals surface area contributed by atoms with Gasteiger partial charge in [-0.15, -0.1) is 0 Å². The number of ether oxygens (including phenoxy) is 1. The molecule has 1 aromatic rings. The van der Waals surface area contributed by atoms with Gasteiger partial charge >= 0.3 is 0 Å². The number of rotatable bonds is 3. The molecule has 1 aliphatic heterocycles. The Morgan fingerprint density at radius 1 is 1.20 bits per heavy atom. The lowest BCUT2D eigenvalue weighted by atomic mass is 9.85. The van der Waals surface area contributed by atoms with Gasteiger partial charge in [0.2, 0.25) is 0 Å². The van der Waals surface area contributed by atoms with E-state index in [0.717, 1.165) is 25.5 Å². The molecule has 1 aliphatic carbocycles. The topological polar surface area (TPSA) is 21.3 Å². The molecule has 0 bridgehead atoms. The summed E-state index contributed by atoms with van der Waals surface area (Å²) in [4.78, 5) is 0. The number of nitrogens with one attached hydrogen (secondary N) is 1. The monoisotopic (exact) mass is 273 g/mol. The summed E-state index contributed by atoms with van der Waals surface area (Å²) in [7, 11) is 0. The van der Waals surface area contributed by atoms with Crippen molar-refractivity contribution in [1.82, 2.24) is 5.32 Å². The van der Waals surface area contributed by atoms with Gasteiger partial charge in [0.15, 0.2) is 0 Å². The van der Waals surface area contributed by atoms with Gasteiger partial charge in [0.05, 0.1) is 6.61 Å². The van der Waals surface area contributed by atoms with E-state index in [1.54, 1.807) is 0 Å². The number of hydrogen-bond acceptors (Lipinski definition) is 2. The lowest BCUT2D eigenvalue weighted by Gasteiger charge is -2.38. The predicted molar refractivity (Wildman–Crippen MR) is 82.9 cm³/mol. The molecule has 1 unspecified atom stereocenters. The molecule has 3 rings (SSSR count). The van der Waals surface area contributed by atoms with E-state index in [9.17, 15) is 0 Å². The first kappa shape index (κ1) is 14.1. The zero-order valence-electron chi connectivity index (χ0n) is 12.8. The van der Waals surface area contributed by atoms with Crippen LogP contribution in [-0.2, 0) is 16.8 Å². The highest BCUT2D eigenvalue weighted by atomic mass is 16.5. The Bertz CT molecular complexity index is 450. The maximum absolute atomic E-state index is 6.14. The molecule has 2 heteroatoms. The minimum Gasteiger partial charge on any atom is -0.369 e. The van der Waals surface area contributed by atoms with Crippen LogP contribution in [0.5, 0.6) is 0 Å². The van der Waals surface area contributed by atoms with Crippen LogP contribution >= 0.6 is 0 Å². The average Bonchev–Trinajstić information content (AvgIpc) is 2.47. The second-order valence-corrected chi connectivity index (χ2v) is 6.82. The fourth-order valence-corrected chi connectivity index (χ4v) is 3.67. The molecule has 110 valence electrons. The van der Waals surface area contributed by atoms with Crippen molar-refractivity contribution >= 4 is 0 Å². The van der Waals surface area contributed by atoms with Crippen molar-refractivity contribution in [3.63, 3.8) is 0 Å². The van der Waals surface area contributed by atoms with E-state index >= 15 is 0 Å². The first-order chi connectivity index (χ1) is 9.67. The van der Waals surface area contributed by atoms with Crippen LogP contribution < -0.4 is 5.32 Å². The van der Waals surface area contributed by atoms with Crippen molar-refractivity contribution in [3.05, 3.63) is 35.4 Å². The van der Waals surface area contributed by atoms with Crippen molar-refractivity contribution in [3.8, 4) is 0 Å². The van der Waals surface area contributed by atoms with Crippen LogP contribution in [0.4, 0.5) is 0 Å². The molecule has 0 aromatic heterocycles. The summed E-state index contributed by atoms with van der Waals surface area (Å²) in [5.74, 6) is 0.912. The lowest BCUT2D eigenvalue weighted by Crippen LogP contribution is -2.45. The molecule has 0 radical (unpaired) electrons. The molecule has 20 heavy (non-hydrogen) atoms. The highest BCUT2D eigenvalue weighted by molar-refractivity contribution is 5.34. The zero-order valence-corrected chi connectivity index (χ0v) is 12.8. The molecule has 2 nitrogen and oxygen atoms in total. The normalized spacial score (nSPS) is 33.7. The molecular weight excluding hydrogens is 246 g/mol. The standard InChI is InChI=1S/C18H27NO/c1-14-7-9-16(10-8-14)19-13-18(2)17-6-4-3-5-15(17)11-12-20-18/h3-6,14,16,19H,7-13H2,1-2H3. The summed E-state index contributed by atoms with van der Waals surface area (Å²) in [6.07, 6.45) is 6.42. The Kier molecular flexibility index (Phi) is 4.13. The third-order valence-corrected chi connectivity index (χ3v) is 5.12. The first-order valence-electron chi connectivity index (χ1n) is 8.13. The van der Waals surface area contributed by atoms with Gasteiger partial charge in [0, 0.05) is 12.6 Å². The fraction of sp³-hybridized carbons (Fsp3) is 0.667. The maximum Gasteiger partial charge on any atom is 0.103 e. The molecule has 1 N–H and O–H groups in total. The van der Waals surface area contributed by atoms with E-state index in [2.05, 4.69) is 43.4 Å². The third-order valence-electron chi connectivity index (χ3n) is 5.12. The van der Waals surface area contributed by atoms with Gasteiger partial charge in [-0.1, -0.05) is 31.2 Å². The SMILES string of the molecule is CC1CCC(NCC2(C)OCCc3ccccc32)CC1. The van der Waals surface area contributed by atoms with Crippen molar-refractivity contribution in [2.75, 3.05) is 13.2 Å². The molecule has 1 aromatic carbocycles. The molecule has 1 saturated carbocycles. The third kappa shape index (κ3) is 2.91. The Morgan fingerprint density at radius 3 is 2.75 bits per heavy atom. The van der Waals surface area contributed by atoms with Gasteiger partial charge in [0.25, 0.3) is 0 Å². The molecule has 1 fully saturated rings. The minimum atomic E-state index is -0.155. The Morgan fingerprint density at radius 2 is 1.95 bits per heavy atom. The van der Waals surface area contributed by atoms with E-state index in [4.69, 9.17) is 4.74 Å². The van der Waals surface area contributed by atoms with Crippen LogP contribution in [0.1, 0.15) is 50.7 Å². The predicted octanol–water partition coefficient (Wildman–Crippen LogP) is 3.64. The van der Waals surface area contributed by atoms with Gasteiger partial charge in [0.1, 0.15) is 5.60 Å². The molecule has 2 aliphatic rings. The Labute approximate surface area is 122 Å². The fourth-order valence-electron chi connectivity index (χ4n) is 3.67. The van der Waals surface area contributed by atoms with E-state index in [1.807, 2.05) is 0 Å². The van der Waals surface area contributed by atoms with Crippen LogP contribution in [0.15, 0.2) is 24.3 Å². The highest BCUT2D eigenvalue weighted by Gasteiger charge is 2.33. The quantitative estimate of drug-likeness (QED) is 0.908. The molecule has 0 spiro atoms. The van der Waals surface area contributed by atoms with Crippen LogP contribution in [-0.4, -0.2) is 19.2 Å². The van der Waals surface area contributed by atoms with Crippen LogP contribution in [0.2, 0.25) is 0 Å². The molecular formula is C18H27NO. The largest absolute Gasteiger partial charge is 0.369 e. The van der Waals surface area contributed by atoms with Gasteiger partial charge in [-0.25, -0.2) is 0 Å². The summed E-state index contributed by atoms with van der Waals surface area (Å²) in [5.41, 5.74) is 2.68. The number of fused-ring (bicyclic) bond motifs is 1. The smallest absolute Gasteiger partial charge is 0.103 e. The van der Waals surface area contributed by atoms with Gasteiger partial charge in [-0.3, -0.25) is 0 Å². The van der Waals surface area contributed by atoms with Crippen molar-refractivity contribution in [1.29, 1.82) is 0 Å². The summed E-state index contributed by atoms with van der Waals surface area (Å²) < 4.78 is 6.14. The number of benzene rings is 1. The second kappa shape index (κ2) is 5.87. The summed E-state index contributed by atoms with van der Waals surface area (Å²) in [5, 5.41) is 3.77. The van der Waals surface area contributed by atoms with E-state index in [0.29, 0.717) is 6.04 Å². The van der Waals surface area contributed by atoms with E-state index in [1.165, 1.54) is 36.8 Å². The maximum atomic E-state index is 6.14.